The van der Waals surface area contributed by atoms with Gasteiger partial charge in [0.05, 0.1) is 6.04 Å². The third-order valence-electron chi connectivity index (χ3n) is 8.10. The zero-order valence-electron chi connectivity index (χ0n) is 22.5. The number of hydrogen-bond acceptors (Lipinski definition) is 7. The van der Waals surface area contributed by atoms with Crippen LogP contribution in [0, 0.1) is 5.92 Å². The van der Waals surface area contributed by atoms with Crippen molar-refractivity contribution >= 4 is 19.9 Å². The van der Waals surface area contributed by atoms with Crippen molar-refractivity contribution in [2.24, 2.45) is 5.92 Å². The van der Waals surface area contributed by atoms with E-state index in [4.69, 9.17) is 13.7 Å². The van der Waals surface area contributed by atoms with Crippen LogP contribution < -0.4 is 4.74 Å². The van der Waals surface area contributed by atoms with Crippen LogP contribution in [0.5, 0.6) is 5.88 Å². The van der Waals surface area contributed by atoms with Crippen LogP contribution in [0.4, 0.5) is 0 Å². The quantitative estimate of drug-likeness (QED) is 0.331. The standard InChI is InChI=1S/C28H38N2O5Si/c1-8-30(9-2)23-20-16-13-17-21(31)28(20,35-36(6,7)27(3,4)5)25(32)22-24(23)34-29-26(22)33-18-19-14-11-10-12-15-19/h10-15,17,20,23H,8-9,16,18H2,1-7H3/t20-,23-,28-/m0/s1. The summed E-state index contributed by atoms with van der Waals surface area (Å²) in [5, 5.41) is 4.01. The molecule has 2 aliphatic rings. The Hall–Kier alpha value is -2.55. The van der Waals surface area contributed by atoms with Crippen molar-refractivity contribution in [2.75, 3.05) is 13.1 Å². The summed E-state index contributed by atoms with van der Waals surface area (Å²) in [6, 6.07) is 9.34. The van der Waals surface area contributed by atoms with E-state index in [1.807, 2.05) is 36.4 Å². The highest BCUT2D eigenvalue weighted by molar-refractivity contribution is 6.74. The van der Waals surface area contributed by atoms with Gasteiger partial charge in [0.2, 0.25) is 5.78 Å². The van der Waals surface area contributed by atoms with E-state index in [2.05, 4.69) is 57.8 Å². The molecule has 0 bridgehead atoms. The van der Waals surface area contributed by atoms with E-state index in [0.29, 0.717) is 12.2 Å². The Labute approximate surface area is 215 Å². The highest BCUT2D eigenvalue weighted by atomic mass is 28.4. The average molecular weight is 511 g/mol. The minimum Gasteiger partial charge on any atom is -0.470 e. The maximum absolute atomic E-state index is 14.5. The summed E-state index contributed by atoms with van der Waals surface area (Å²) in [5.74, 6) is -0.524. The van der Waals surface area contributed by atoms with Crippen LogP contribution in [0.1, 0.15) is 68.8 Å². The Kier molecular flexibility index (Phi) is 7.16. The number of hydrogen-bond donors (Lipinski definition) is 0. The van der Waals surface area contributed by atoms with Crippen molar-refractivity contribution in [1.29, 1.82) is 0 Å². The maximum Gasteiger partial charge on any atom is 0.265 e. The molecule has 0 radical (unpaired) electrons. The molecule has 194 valence electrons. The van der Waals surface area contributed by atoms with Crippen LogP contribution >= 0.6 is 0 Å². The summed E-state index contributed by atoms with van der Waals surface area (Å²) in [6.45, 7) is 16.3. The van der Waals surface area contributed by atoms with E-state index in [1.165, 1.54) is 6.08 Å². The molecule has 0 saturated carbocycles. The lowest BCUT2D eigenvalue weighted by atomic mass is 9.65. The Balaban J connectivity index is 1.88. The van der Waals surface area contributed by atoms with Crippen LogP contribution in [0.25, 0.3) is 0 Å². The summed E-state index contributed by atoms with van der Waals surface area (Å²) in [7, 11) is -2.55. The molecule has 7 nitrogen and oxygen atoms in total. The molecule has 2 aliphatic carbocycles. The van der Waals surface area contributed by atoms with Crippen molar-refractivity contribution in [2.45, 2.75) is 77.4 Å². The average Bonchev–Trinajstić information content (AvgIpc) is 3.25. The summed E-state index contributed by atoms with van der Waals surface area (Å²) >= 11 is 0. The second-order valence-electron chi connectivity index (χ2n) is 11.2. The number of carbonyl (C=O) groups excluding carboxylic acids is 2. The van der Waals surface area contributed by atoms with Gasteiger partial charge in [-0.2, -0.15) is 0 Å². The van der Waals surface area contributed by atoms with E-state index in [-0.39, 0.29) is 34.9 Å². The zero-order valence-corrected chi connectivity index (χ0v) is 23.5. The lowest BCUT2D eigenvalue weighted by molar-refractivity contribution is -0.135. The van der Waals surface area contributed by atoms with Gasteiger partial charge in [-0.05, 0) is 54.4 Å². The van der Waals surface area contributed by atoms with E-state index >= 15 is 0 Å². The third kappa shape index (κ3) is 4.29. The molecule has 0 fully saturated rings. The molecular formula is C28H38N2O5Si. The van der Waals surface area contributed by atoms with Crippen LogP contribution in [0.15, 0.2) is 47.0 Å². The van der Waals surface area contributed by atoms with E-state index in [1.54, 1.807) is 0 Å². The van der Waals surface area contributed by atoms with Crippen LogP contribution in [-0.2, 0) is 15.8 Å². The van der Waals surface area contributed by atoms with Crippen molar-refractivity contribution in [3.63, 3.8) is 0 Å². The predicted molar refractivity (Wildman–Crippen MR) is 141 cm³/mol. The number of rotatable bonds is 8. The first kappa shape index (κ1) is 26.5. The van der Waals surface area contributed by atoms with E-state index in [9.17, 15) is 9.59 Å². The number of ketones is 2. The summed E-state index contributed by atoms with van der Waals surface area (Å²) in [4.78, 5) is 30.5. The van der Waals surface area contributed by atoms with Gasteiger partial charge in [0.25, 0.3) is 5.88 Å². The van der Waals surface area contributed by atoms with Gasteiger partial charge in [0, 0.05) is 5.92 Å². The normalized spacial score (nSPS) is 24.1. The van der Waals surface area contributed by atoms with Gasteiger partial charge in [-0.15, -0.1) is 0 Å². The summed E-state index contributed by atoms with van der Waals surface area (Å²) < 4.78 is 18.8. The summed E-state index contributed by atoms with van der Waals surface area (Å²) in [5.41, 5.74) is -0.449. The van der Waals surface area contributed by atoms with Crippen LogP contribution in [0.3, 0.4) is 0 Å². The second kappa shape index (κ2) is 9.72. The van der Waals surface area contributed by atoms with E-state index < -0.39 is 25.6 Å². The number of ether oxygens (including phenoxy) is 1. The number of benzene rings is 1. The van der Waals surface area contributed by atoms with Gasteiger partial charge in [-0.1, -0.05) is 71.0 Å². The molecule has 0 aliphatic heterocycles. The van der Waals surface area contributed by atoms with Crippen LogP contribution in [0.2, 0.25) is 18.1 Å². The molecule has 3 atom stereocenters. The molecular weight excluding hydrogens is 472 g/mol. The molecule has 1 aromatic heterocycles. The van der Waals surface area contributed by atoms with Crippen molar-refractivity contribution in [3.8, 4) is 5.88 Å². The number of aromatic nitrogens is 1. The number of Topliss-reactive ketones (excluding diaryl/α,β-unsaturated/α-hetero) is 1. The van der Waals surface area contributed by atoms with Gasteiger partial charge in [0.15, 0.2) is 25.5 Å². The fourth-order valence-corrected chi connectivity index (χ4v) is 6.54. The monoisotopic (exact) mass is 510 g/mol. The molecule has 0 N–H and O–H groups in total. The van der Waals surface area contributed by atoms with Gasteiger partial charge < -0.3 is 13.7 Å². The first-order chi connectivity index (χ1) is 17.0. The maximum atomic E-state index is 14.5. The molecule has 1 aromatic carbocycles. The van der Waals surface area contributed by atoms with Crippen LogP contribution in [-0.4, -0.2) is 48.6 Å². The number of allylic oxidation sites excluding steroid dienone is 1. The number of fused-ring (bicyclic) bond motifs is 2. The summed E-state index contributed by atoms with van der Waals surface area (Å²) in [6.07, 6.45) is 3.91. The Bertz CT molecular complexity index is 1150. The minimum absolute atomic E-state index is 0.120. The lowest BCUT2D eigenvalue weighted by Crippen LogP contribution is -2.66. The smallest absolute Gasteiger partial charge is 0.265 e. The van der Waals surface area contributed by atoms with Crippen molar-refractivity contribution in [1.82, 2.24) is 10.1 Å². The largest absolute Gasteiger partial charge is 0.470 e. The van der Waals surface area contributed by atoms with Gasteiger partial charge in [0.1, 0.15) is 12.2 Å². The fraction of sp³-hybridized carbons (Fsp3) is 0.536. The molecule has 0 spiro atoms. The predicted octanol–water partition coefficient (Wildman–Crippen LogP) is 5.74. The second-order valence-corrected chi connectivity index (χ2v) is 15.9. The zero-order chi connectivity index (χ0) is 26.3. The van der Waals surface area contributed by atoms with E-state index in [0.717, 1.165) is 18.7 Å². The molecule has 0 amide bonds. The lowest BCUT2D eigenvalue weighted by Gasteiger charge is -2.52. The first-order valence-electron chi connectivity index (χ1n) is 12.8. The minimum atomic E-state index is -2.55. The fourth-order valence-electron chi connectivity index (χ4n) is 5.08. The molecule has 1 heterocycles. The van der Waals surface area contributed by atoms with Crippen molar-refractivity contribution < 1.29 is 23.3 Å². The SMILES string of the molecule is CCN(CC)[C@@H]1c2onc(OCc3ccccc3)c2C(=O)[C@@]2(O[Si](C)(C)C(C)(C)C)C(=O)C=CC[C@@H]12. The molecule has 4 rings (SSSR count). The number of nitrogens with zero attached hydrogens (tertiary/aromatic N) is 2. The number of carbonyl (C=O) groups is 2. The van der Waals surface area contributed by atoms with Crippen molar-refractivity contribution in [3.05, 3.63) is 59.4 Å². The first-order valence-corrected chi connectivity index (χ1v) is 15.7. The van der Waals surface area contributed by atoms with Gasteiger partial charge in [-0.3, -0.25) is 14.5 Å². The molecule has 36 heavy (non-hydrogen) atoms. The molecule has 0 unspecified atom stereocenters. The third-order valence-corrected chi connectivity index (χ3v) is 12.5. The highest BCUT2D eigenvalue weighted by Gasteiger charge is 2.65. The Morgan fingerprint density at radius 1 is 1.14 bits per heavy atom. The highest BCUT2D eigenvalue weighted by Crippen LogP contribution is 2.54. The molecule has 0 saturated heterocycles. The topological polar surface area (TPSA) is 81.9 Å². The Morgan fingerprint density at radius 3 is 2.42 bits per heavy atom. The Morgan fingerprint density at radius 2 is 1.81 bits per heavy atom. The van der Waals surface area contributed by atoms with Gasteiger partial charge in [-0.25, -0.2) is 0 Å². The molecule has 2 aromatic rings. The van der Waals surface area contributed by atoms with Gasteiger partial charge >= 0.3 is 0 Å². The molecule has 8 heteroatoms.